The van der Waals surface area contributed by atoms with E-state index in [4.69, 9.17) is 5.11 Å². The summed E-state index contributed by atoms with van der Waals surface area (Å²) < 4.78 is 0. The SMILES string of the molecule is CC(C)(C)c1ccc(O)c(O)c1.CC(c1cc(C(C)(C)C)c(O)c(C(C)(C)C)c1)N(C)C.CCC(C)(C)c1cc(O)c(C(C)(C)CC)cc1O. The first-order valence-corrected chi connectivity index (χ1v) is 18.1. The summed E-state index contributed by atoms with van der Waals surface area (Å²) in [6, 6.07) is 13.0. The number of aromatic hydroxyl groups is 5. The van der Waals surface area contributed by atoms with Gasteiger partial charge in [0.25, 0.3) is 0 Å². The fourth-order valence-corrected chi connectivity index (χ4v) is 5.37. The van der Waals surface area contributed by atoms with E-state index in [9.17, 15) is 20.4 Å². The van der Waals surface area contributed by atoms with Crippen molar-refractivity contribution >= 4 is 0 Å². The van der Waals surface area contributed by atoms with Crippen LogP contribution in [0, 0.1) is 0 Å². The van der Waals surface area contributed by atoms with Crippen molar-refractivity contribution in [1.82, 2.24) is 4.90 Å². The normalized spacial score (nSPS) is 13.3. The second kappa shape index (κ2) is 16.3. The van der Waals surface area contributed by atoms with E-state index in [0.717, 1.165) is 40.7 Å². The van der Waals surface area contributed by atoms with E-state index in [1.54, 1.807) is 18.2 Å². The fraction of sp³-hybridized carbons (Fsp3) is 0.591. The highest BCUT2D eigenvalue weighted by molar-refractivity contribution is 5.51. The van der Waals surface area contributed by atoms with Gasteiger partial charge in [-0.15, -0.1) is 0 Å². The number of phenolic OH excluding ortho intramolecular Hbond substituents is 5. The first-order chi connectivity index (χ1) is 22.4. The quantitative estimate of drug-likeness (QED) is 0.130. The van der Waals surface area contributed by atoms with Crippen LogP contribution < -0.4 is 0 Å². The van der Waals surface area contributed by atoms with Crippen LogP contribution in [0.1, 0.15) is 163 Å². The molecule has 3 aromatic carbocycles. The van der Waals surface area contributed by atoms with Gasteiger partial charge in [0.05, 0.1) is 0 Å². The van der Waals surface area contributed by atoms with E-state index >= 15 is 0 Å². The molecule has 282 valence electrons. The highest BCUT2D eigenvalue weighted by atomic mass is 16.3. The molecule has 5 N–H and O–H groups in total. The van der Waals surface area contributed by atoms with Crippen molar-refractivity contribution in [2.75, 3.05) is 14.1 Å². The van der Waals surface area contributed by atoms with Crippen LogP contribution in [0.2, 0.25) is 0 Å². The minimum Gasteiger partial charge on any atom is -0.508 e. The van der Waals surface area contributed by atoms with Crippen LogP contribution >= 0.6 is 0 Å². The van der Waals surface area contributed by atoms with Gasteiger partial charge in [-0.2, -0.15) is 0 Å². The minimum atomic E-state index is -0.129. The molecular weight excluding hydrogens is 622 g/mol. The van der Waals surface area contributed by atoms with Gasteiger partial charge in [0, 0.05) is 17.2 Å². The van der Waals surface area contributed by atoms with Gasteiger partial charge in [0.2, 0.25) is 0 Å². The van der Waals surface area contributed by atoms with Gasteiger partial charge in [-0.25, -0.2) is 0 Å². The summed E-state index contributed by atoms with van der Waals surface area (Å²) in [7, 11) is 4.18. The average Bonchev–Trinajstić information content (AvgIpc) is 2.98. The smallest absolute Gasteiger partial charge is 0.157 e. The van der Waals surface area contributed by atoms with Crippen molar-refractivity contribution in [2.45, 2.75) is 157 Å². The van der Waals surface area contributed by atoms with Crippen molar-refractivity contribution < 1.29 is 25.5 Å². The molecule has 0 fully saturated rings. The van der Waals surface area contributed by atoms with E-state index in [0.29, 0.717) is 11.8 Å². The predicted molar refractivity (Wildman–Crippen MR) is 212 cm³/mol. The van der Waals surface area contributed by atoms with E-state index < -0.39 is 0 Å². The maximum Gasteiger partial charge on any atom is 0.157 e. The molecule has 1 atom stereocenters. The van der Waals surface area contributed by atoms with E-state index in [-0.39, 0.29) is 50.1 Å². The number of phenols is 5. The highest BCUT2D eigenvalue weighted by Gasteiger charge is 2.29. The Morgan fingerprint density at radius 2 is 0.880 bits per heavy atom. The molecule has 0 saturated carbocycles. The lowest BCUT2D eigenvalue weighted by atomic mass is 9.77. The van der Waals surface area contributed by atoms with Crippen molar-refractivity contribution in [3.63, 3.8) is 0 Å². The second-order valence-corrected chi connectivity index (χ2v) is 18.4. The van der Waals surface area contributed by atoms with Crippen LogP contribution in [-0.4, -0.2) is 44.5 Å². The Hall–Kier alpha value is -3.38. The van der Waals surface area contributed by atoms with Gasteiger partial charge in [0.15, 0.2) is 11.5 Å². The van der Waals surface area contributed by atoms with Gasteiger partial charge < -0.3 is 30.4 Å². The molecule has 0 radical (unpaired) electrons. The highest BCUT2D eigenvalue weighted by Crippen LogP contribution is 2.43. The molecule has 0 heterocycles. The van der Waals surface area contributed by atoms with Gasteiger partial charge >= 0.3 is 0 Å². The molecule has 0 amide bonds. The summed E-state index contributed by atoms with van der Waals surface area (Å²) in [6.45, 7) is 33.7. The molecule has 0 saturated heterocycles. The molecule has 6 nitrogen and oxygen atoms in total. The van der Waals surface area contributed by atoms with Crippen molar-refractivity contribution in [3.8, 4) is 28.7 Å². The predicted octanol–water partition coefficient (Wildman–Crippen LogP) is 11.5. The van der Waals surface area contributed by atoms with Gasteiger partial charge in [-0.1, -0.05) is 110 Å². The fourth-order valence-electron chi connectivity index (χ4n) is 5.37. The Bertz CT molecular complexity index is 1490. The summed E-state index contributed by atoms with van der Waals surface area (Å²) in [5.41, 5.74) is 5.61. The molecule has 50 heavy (non-hydrogen) atoms. The lowest BCUT2D eigenvalue weighted by Crippen LogP contribution is -2.21. The molecule has 3 rings (SSSR count). The first-order valence-electron chi connectivity index (χ1n) is 18.1. The summed E-state index contributed by atoms with van der Waals surface area (Å²) in [5.74, 6) is 0.914. The summed E-state index contributed by atoms with van der Waals surface area (Å²) >= 11 is 0. The third-order valence-electron chi connectivity index (χ3n) is 10.2. The molecular formula is C44H71NO5. The third kappa shape index (κ3) is 11.6. The van der Waals surface area contributed by atoms with Crippen LogP contribution in [0.15, 0.2) is 42.5 Å². The zero-order valence-corrected chi connectivity index (χ0v) is 34.7. The molecule has 0 aliphatic carbocycles. The molecule has 0 aromatic heterocycles. The van der Waals surface area contributed by atoms with Crippen molar-refractivity contribution in [3.05, 3.63) is 75.8 Å². The molecule has 1 unspecified atom stereocenters. The lowest BCUT2D eigenvalue weighted by Gasteiger charge is -2.30. The Kier molecular flexibility index (Phi) is 14.6. The number of benzene rings is 3. The van der Waals surface area contributed by atoms with Crippen molar-refractivity contribution in [2.24, 2.45) is 0 Å². The monoisotopic (exact) mass is 694 g/mol. The Balaban J connectivity index is 0.000000386. The number of hydrogen-bond donors (Lipinski definition) is 5. The summed E-state index contributed by atoms with van der Waals surface area (Å²) in [6.07, 6.45) is 1.83. The molecule has 0 aliphatic rings. The van der Waals surface area contributed by atoms with Crippen molar-refractivity contribution in [1.29, 1.82) is 0 Å². The second-order valence-electron chi connectivity index (χ2n) is 18.4. The van der Waals surface area contributed by atoms with E-state index in [1.807, 2.05) is 6.07 Å². The summed E-state index contributed by atoms with van der Waals surface area (Å²) in [5, 5.41) is 49.4. The van der Waals surface area contributed by atoms with Crippen LogP contribution in [0.4, 0.5) is 0 Å². The molecule has 3 aromatic rings. The molecule has 0 aliphatic heterocycles. The minimum absolute atomic E-state index is 0.00514. The largest absolute Gasteiger partial charge is 0.508 e. The Labute approximate surface area is 305 Å². The maximum atomic E-state index is 10.7. The third-order valence-corrected chi connectivity index (χ3v) is 10.2. The number of rotatable bonds is 6. The molecule has 0 bridgehead atoms. The van der Waals surface area contributed by atoms with Crippen LogP contribution in [0.25, 0.3) is 0 Å². The first kappa shape index (κ1) is 44.6. The van der Waals surface area contributed by atoms with E-state index in [2.05, 4.69) is 142 Å². The Morgan fingerprint density at radius 3 is 1.16 bits per heavy atom. The zero-order valence-electron chi connectivity index (χ0n) is 34.7. The summed E-state index contributed by atoms with van der Waals surface area (Å²) in [4.78, 5) is 2.20. The topological polar surface area (TPSA) is 104 Å². The van der Waals surface area contributed by atoms with Crippen LogP contribution in [-0.2, 0) is 27.1 Å². The lowest BCUT2D eigenvalue weighted by molar-refractivity contribution is 0.319. The van der Waals surface area contributed by atoms with Gasteiger partial charge in [-0.3, -0.25) is 0 Å². The van der Waals surface area contributed by atoms with Gasteiger partial charge in [0.1, 0.15) is 17.2 Å². The van der Waals surface area contributed by atoms with Crippen LogP contribution in [0.5, 0.6) is 28.7 Å². The zero-order chi connectivity index (χ0) is 39.4. The molecule has 6 heteroatoms. The maximum absolute atomic E-state index is 10.7. The van der Waals surface area contributed by atoms with Gasteiger partial charge in [-0.05, 0) is 120 Å². The number of hydrogen-bond acceptors (Lipinski definition) is 6. The molecule has 0 spiro atoms. The van der Waals surface area contributed by atoms with Crippen LogP contribution in [0.3, 0.4) is 0 Å². The standard InChI is InChI=1S/C18H31NO.C16H26O2.C10H14O2/c1-12(19(8)9)13-10-14(17(2,3)4)16(20)15(11-13)18(5,6)7;1-7-15(3,4)11-9-14(18)12(10-13(11)17)16(5,6)8-2;1-10(2,3)7-4-5-8(11)9(12)6-7/h10-12,20H,1-9H3;9-10,17-18H,7-8H2,1-6H3;4-6,11-12H,1-3H3. The number of nitrogens with zero attached hydrogens (tertiary/aromatic N) is 1. The average molecular weight is 694 g/mol. The Morgan fingerprint density at radius 1 is 0.500 bits per heavy atom. The van der Waals surface area contributed by atoms with E-state index in [1.165, 1.54) is 11.6 Å².